The lowest BCUT2D eigenvalue weighted by atomic mass is 10.0. The molecule has 1 atom stereocenters. The Morgan fingerprint density at radius 3 is 3.00 bits per heavy atom. The number of aromatic amines is 1. The van der Waals surface area contributed by atoms with Gasteiger partial charge in [-0.1, -0.05) is 13.8 Å². The van der Waals surface area contributed by atoms with Crippen molar-refractivity contribution in [1.82, 2.24) is 10.2 Å². The molecule has 0 bridgehead atoms. The summed E-state index contributed by atoms with van der Waals surface area (Å²) in [5.74, 6) is 1.90. The molecular formula is C9H14N2OS. The summed E-state index contributed by atoms with van der Waals surface area (Å²) in [6, 6.07) is 0. The van der Waals surface area contributed by atoms with Gasteiger partial charge in [-0.15, -0.1) is 0 Å². The third-order valence-corrected chi connectivity index (χ3v) is 3.69. The lowest BCUT2D eigenvalue weighted by Gasteiger charge is -2.17. The lowest BCUT2D eigenvalue weighted by molar-refractivity contribution is 0.589. The van der Waals surface area contributed by atoms with E-state index < -0.39 is 11.2 Å². The molecule has 1 aromatic rings. The van der Waals surface area contributed by atoms with Gasteiger partial charge in [0.2, 0.25) is 0 Å². The first-order chi connectivity index (χ1) is 6.18. The van der Waals surface area contributed by atoms with Crippen LogP contribution in [0.5, 0.6) is 0 Å². The summed E-state index contributed by atoms with van der Waals surface area (Å²) in [7, 11) is 0. The van der Waals surface area contributed by atoms with Crippen molar-refractivity contribution in [3.8, 4) is 0 Å². The highest BCUT2D eigenvalue weighted by atomic mass is 32.2. The second kappa shape index (κ2) is 3.35. The first kappa shape index (κ1) is 9.09. The molecule has 0 fully saturated rings. The Hall–Kier alpha value is -0.480. The molecule has 0 saturated heterocycles. The SMILES string of the molecule is CC(C)c1n[nH]c2c1C[S+]([O-])CC2. The fraction of sp³-hybridized carbons (Fsp3) is 0.667. The van der Waals surface area contributed by atoms with E-state index in [1.807, 2.05) is 0 Å². The summed E-state index contributed by atoms with van der Waals surface area (Å²) < 4.78 is 11.4. The van der Waals surface area contributed by atoms with Gasteiger partial charge in [-0.2, -0.15) is 5.10 Å². The van der Waals surface area contributed by atoms with Gasteiger partial charge in [0.1, 0.15) is 11.5 Å². The van der Waals surface area contributed by atoms with E-state index in [2.05, 4.69) is 24.0 Å². The van der Waals surface area contributed by atoms with Gasteiger partial charge in [0, 0.05) is 17.7 Å². The van der Waals surface area contributed by atoms with Crippen LogP contribution in [-0.2, 0) is 23.3 Å². The smallest absolute Gasteiger partial charge is 0.134 e. The fourth-order valence-corrected chi connectivity index (χ4v) is 2.93. The molecule has 0 amide bonds. The Kier molecular flexibility index (Phi) is 2.34. The van der Waals surface area contributed by atoms with Gasteiger partial charge < -0.3 is 4.55 Å². The van der Waals surface area contributed by atoms with E-state index >= 15 is 0 Å². The van der Waals surface area contributed by atoms with Crippen molar-refractivity contribution in [2.75, 3.05) is 5.75 Å². The maximum atomic E-state index is 11.4. The molecule has 0 radical (unpaired) electrons. The molecule has 0 saturated carbocycles. The maximum Gasteiger partial charge on any atom is 0.134 e. The Morgan fingerprint density at radius 1 is 1.54 bits per heavy atom. The van der Waals surface area contributed by atoms with Crippen LogP contribution in [0.25, 0.3) is 0 Å². The number of aromatic nitrogens is 2. The van der Waals surface area contributed by atoms with Crippen molar-refractivity contribution >= 4 is 11.2 Å². The summed E-state index contributed by atoms with van der Waals surface area (Å²) in [6.45, 7) is 4.24. The van der Waals surface area contributed by atoms with Gasteiger partial charge in [0.25, 0.3) is 0 Å². The van der Waals surface area contributed by atoms with Crippen molar-refractivity contribution in [2.24, 2.45) is 0 Å². The molecule has 1 unspecified atom stereocenters. The normalized spacial score (nSPS) is 22.0. The average molecular weight is 198 g/mol. The Bertz CT molecular complexity index is 309. The fourth-order valence-electron chi connectivity index (χ4n) is 1.71. The zero-order chi connectivity index (χ0) is 9.42. The quantitative estimate of drug-likeness (QED) is 0.692. The topological polar surface area (TPSA) is 51.7 Å². The minimum Gasteiger partial charge on any atom is -0.616 e. The molecule has 0 aliphatic carbocycles. The summed E-state index contributed by atoms with van der Waals surface area (Å²) in [5.41, 5.74) is 3.51. The Balaban J connectivity index is 2.35. The third kappa shape index (κ3) is 1.60. The van der Waals surface area contributed by atoms with Crippen molar-refractivity contribution in [2.45, 2.75) is 31.9 Å². The average Bonchev–Trinajstić information content (AvgIpc) is 2.46. The molecule has 4 heteroatoms. The summed E-state index contributed by atoms with van der Waals surface area (Å²) in [6.07, 6.45) is 0.891. The molecule has 2 rings (SSSR count). The van der Waals surface area contributed by atoms with Crippen molar-refractivity contribution < 1.29 is 4.55 Å². The Labute approximate surface area is 81.1 Å². The molecule has 0 aromatic carbocycles. The predicted octanol–water partition coefficient (Wildman–Crippen LogP) is 1.34. The second-order valence-corrected chi connectivity index (χ2v) is 5.34. The number of H-pyrrole nitrogens is 1. The number of rotatable bonds is 1. The maximum absolute atomic E-state index is 11.4. The Morgan fingerprint density at radius 2 is 2.31 bits per heavy atom. The van der Waals surface area contributed by atoms with Crippen LogP contribution in [0.3, 0.4) is 0 Å². The highest BCUT2D eigenvalue weighted by molar-refractivity contribution is 7.90. The third-order valence-electron chi connectivity index (χ3n) is 2.42. The van der Waals surface area contributed by atoms with Crippen LogP contribution in [-0.4, -0.2) is 20.5 Å². The number of fused-ring (bicyclic) bond motifs is 1. The van der Waals surface area contributed by atoms with Crippen LogP contribution in [0.4, 0.5) is 0 Å². The monoisotopic (exact) mass is 198 g/mol. The van der Waals surface area contributed by atoms with E-state index in [-0.39, 0.29) is 0 Å². The molecule has 0 spiro atoms. The highest BCUT2D eigenvalue weighted by Crippen LogP contribution is 2.26. The first-order valence-electron chi connectivity index (χ1n) is 4.59. The summed E-state index contributed by atoms with van der Waals surface area (Å²) >= 11 is -0.667. The van der Waals surface area contributed by atoms with E-state index in [4.69, 9.17) is 0 Å². The minimum absolute atomic E-state index is 0.426. The lowest BCUT2D eigenvalue weighted by Crippen LogP contribution is -2.19. The van der Waals surface area contributed by atoms with E-state index in [0.717, 1.165) is 17.9 Å². The second-order valence-electron chi connectivity index (χ2n) is 3.76. The summed E-state index contributed by atoms with van der Waals surface area (Å²) in [5, 5.41) is 7.32. The first-order valence-corrected chi connectivity index (χ1v) is 6.08. The number of nitrogens with zero attached hydrogens (tertiary/aromatic N) is 1. The number of hydrogen-bond acceptors (Lipinski definition) is 2. The molecular weight excluding hydrogens is 184 g/mol. The van der Waals surface area contributed by atoms with Crippen molar-refractivity contribution in [1.29, 1.82) is 0 Å². The van der Waals surface area contributed by atoms with E-state index in [9.17, 15) is 4.55 Å². The molecule has 1 aliphatic heterocycles. The van der Waals surface area contributed by atoms with Crippen LogP contribution in [0.2, 0.25) is 0 Å². The van der Waals surface area contributed by atoms with Crippen molar-refractivity contribution in [3.05, 3.63) is 17.0 Å². The van der Waals surface area contributed by atoms with Gasteiger partial charge in [-0.25, -0.2) is 0 Å². The zero-order valence-corrected chi connectivity index (χ0v) is 8.78. The van der Waals surface area contributed by atoms with Crippen LogP contribution < -0.4 is 0 Å². The van der Waals surface area contributed by atoms with Gasteiger partial charge in [0.05, 0.1) is 5.69 Å². The molecule has 1 N–H and O–H groups in total. The zero-order valence-electron chi connectivity index (χ0n) is 7.96. The van der Waals surface area contributed by atoms with Gasteiger partial charge in [0.15, 0.2) is 0 Å². The molecule has 13 heavy (non-hydrogen) atoms. The molecule has 2 heterocycles. The van der Waals surface area contributed by atoms with Crippen LogP contribution in [0, 0.1) is 0 Å². The number of hydrogen-bond donors (Lipinski definition) is 1. The summed E-state index contributed by atoms with van der Waals surface area (Å²) in [4.78, 5) is 0. The van der Waals surface area contributed by atoms with Gasteiger partial charge >= 0.3 is 0 Å². The standard InChI is InChI=1S/C9H14N2OS/c1-6(2)9-7-5-13(12)4-3-8(7)10-11-9/h6H,3-5H2,1-2H3,(H,10,11). The largest absolute Gasteiger partial charge is 0.616 e. The molecule has 1 aliphatic rings. The predicted molar refractivity (Wildman–Crippen MR) is 53.1 cm³/mol. The van der Waals surface area contributed by atoms with Crippen LogP contribution in [0.15, 0.2) is 0 Å². The van der Waals surface area contributed by atoms with E-state index in [1.165, 1.54) is 11.3 Å². The molecule has 3 nitrogen and oxygen atoms in total. The molecule has 72 valence electrons. The molecule has 1 aromatic heterocycles. The number of nitrogens with one attached hydrogen (secondary N) is 1. The van der Waals surface area contributed by atoms with Crippen LogP contribution >= 0.6 is 0 Å². The highest BCUT2D eigenvalue weighted by Gasteiger charge is 2.25. The van der Waals surface area contributed by atoms with E-state index in [0.29, 0.717) is 11.7 Å². The van der Waals surface area contributed by atoms with Gasteiger partial charge in [-0.05, 0) is 17.1 Å². The van der Waals surface area contributed by atoms with Gasteiger partial charge in [-0.3, -0.25) is 5.10 Å². The van der Waals surface area contributed by atoms with Crippen LogP contribution in [0.1, 0.15) is 36.7 Å². The van der Waals surface area contributed by atoms with E-state index in [1.54, 1.807) is 0 Å². The minimum atomic E-state index is -0.667. The van der Waals surface area contributed by atoms with Crippen molar-refractivity contribution in [3.63, 3.8) is 0 Å². The number of aryl methyl sites for hydroxylation is 1.